The fraction of sp³-hybridized carbons (Fsp3) is 0.200. The van der Waals surface area contributed by atoms with Gasteiger partial charge in [0.05, 0.1) is 33.8 Å². The minimum atomic E-state index is -0.471. The summed E-state index contributed by atoms with van der Waals surface area (Å²) in [7, 11) is 0. The zero-order valence-electron chi connectivity index (χ0n) is 15.5. The van der Waals surface area contributed by atoms with E-state index in [0.717, 1.165) is 42.1 Å². The molecule has 29 heavy (non-hydrogen) atoms. The molecule has 7 nitrogen and oxygen atoms in total. The molecule has 9 heteroatoms. The maximum Gasteiger partial charge on any atom is 0.229 e. The minimum Gasteiger partial charge on any atom is -0.368 e. The Balaban J connectivity index is 1.38. The number of hydrogen-bond donors (Lipinski definition) is 2. The van der Waals surface area contributed by atoms with Crippen molar-refractivity contribution in [2.45, 2.75) is 0 Å². The van der Waals surface area contributed by atoms with Crippen molar-refractivity contribution in [3.05, 3.63) is 54.1 Å². The van der Waals surface area contributed by atoms with Gasteiger partial charge in [-0.25, -0.2) is 24.3 Å². The molecule has 0 saturated carbocycles. The Labute approximate surface area is 170 Å². The van der Waals surface area contributed by atoms with Crippen LogP contribution in [0, 0.1) is 5.82 Å². The molecule has 0 unspecified atom stereocenters. The van der Waals surface area contributed by atoms with Gasteiger partial charge in [-0.05, 0) is 24.3 Å². The second-order valence-corrected chi connectivity index (χ2v) is 7.58. The second kappa shape index (κ2) is 7.69. The van der Waals surface area contributed by atoms with Crippen LogP contribution in [0.25, 0.3) is 21.5 Å². The van der Waals surface area contributed by atoms with Crippen LogP contribution in [0.2, 0.25) is 0 Å². The molecule has 5 rings (SSSR count). The van der Waals surface area contributed by atoms with Crippen LogP contribution < -0.4 is 15.5 Å². The van der Waals surface area contributed by atoms with E-state index in [2.05, 4.69) is 35.5 Å². The third-order valence-corrected chi connectivity index (χ3v) is 5.61. The Hall–Kier alpha value is -3.17. The summed E-state index contributed by atoms with van der Waals surface area (Å²) in [6.07, 6.45) is 3.01. The predicted octanol–water partition coefficient (Wildman–Crippen LogP) is 3.44. The number of nitrogens with one attached hydrogen (secondary N) is 2. The van der Waals surface area contributed by atoms with Crippen molar-refractivity contribution >= 4 is 39.0 Å². The fourth-order valence-corrected chi connectivity index (χ4v) is 4.03. The van der Waals surface area contributed by atoms with E-state index in [4.69, 9.17) is 0 Å². The summed E-state index contributed by atoms with van der Waals surface area (Å²) in [5, 5.41) is 6.40. The topological polar surface area (TPSA) is 78.9 Å². The van der Waals surface area contributed by atoms with Crippen LogP contribution in [0.4, 0.5) is 21.8 Å². The van der Waals surface area contributed by atoms with Crippen LogP contribution in [0.1, 0.15) is 0 Å². The Kier molecular flexibility index (Phi) is 4.74. The molecule has 0 radical (unpaired) electrons. The molecule has 0 amide bonds. The molecule has 4 heterocycles. The lowest BCUT2D eigenvalue weighted by molar-refractivity contribution is 0.589. The number of halogens is 1. The van der Waals surface area contributed by atoms with E-state index in [1.54, 1.807) is 5.51 Å². The van der Waals surface area contributed by atoms with Gasteiger partial charge in [-0.1, -0.05) is 6.07 Å². The van der Waals surface area contributed by atoms with E-state index in [9.17, 15) is 4.39 Å². The quantitative estimate of drug-likeness (QED) is 0.536. The lowest BCUT2D eigenvalue weighted by Crippen LogP contribution is -2.43. The van der Waals surface area contributed by atoms with E-state index in [1.807, 2.05) is 36.5 Å². The zero-order chi connectivity index (χ0) is 19.6. The van der Waals surface area contributed by atoms with Gasteiger partial charge in [0, 0.05) is 31.7 Å². The summed E-state index contributed by atoms with van der Waals surface area (Å²) in [4.78, 5) is 19.4. The van der Waals surface area contributed by atoms with Crippen LogP contribution in [0.5, 0.6) is 0 Å². The van der Waals surface area contributed by atoms with Crippen molar-refractivity contribution in [2.75, 3.05) is 36.4 Å². The number of hydrogen-bond acceptors (Lipinski definition) is 8. The van der Waals surface area contributed by atoms with Crippen LogP contribution >= 0.6 is 11.3 Å². The van der Waals surface area contributed by atoms with Crippen molar-refractivity contribution in [3.8, 4) is 11.3 Å². The second-order valence-electron chi connectivity index (χ2n) is 6.69. The smallest absolute Gasteiger partial charge is 0.229 e. The molecule has 1 saturated heterocycles. The van der Waals surface area contributed by atoms with Gasteiger partial charge in [-0.15, -0.1) is 11.3 Å². The first-order valence-corrected chi connectivity index (χ1v) is 10.2. The summed E-state index contributed by atoms with van der Waals surface area (Å²) < 4.78 is 15.4. The molecule has 0 spiro atoms. The van der Waals surface area contributed by atoms with Crippen molar-refractivity contribution in [1.29, 1.82) is 0 Å². The lowest BCUT2D eigenvalue weighted by Gasteiger charge is -2.29. The summed E-state index contributed by atoms with van der Waals surface area (Å²) in [6.45, 7) is 3.87. The van der Waals surface area contributed by atoms with E-state index in [-0.39, 0.29) is 5.69 Å². The molecule has 1 aliphatic heterocycles. The summed E-state index contributed by atoms with van der Waals surface area (Å²) in [5.41, 5.74) is 4.67. The van der Waals surface area contributed by atoms with Gasteiger partial charge in [-0.3, -0.25) is 0 Å². The lowest BCUT2D eigenvalue weighted by atomic mass is 10.1. The molecule has 4 aromatic rings. The third-order valence-electron chi connectivity index (χ3n) is 4.82. The predicted molar refractivity (Wildman–Crippen MR) is 113 cm³/mol. The van der Waals surface area contributed by atoms with Gasteiger partial charge >= 0.3 is 0 Å². The number of aromatic nitrogens is 4. The van der Waals surface area contributed by atoms with Crippen LogP contribution in [0.15, 0.2) is 48.2 Å². The Morgan fingerprint density at radius 3 is 2.76 bits per heavy atom. The number of thiazole rings is 1. The molecule has 3 aromatic heterocycles. The number of fused-ring (bicyclic) bond motifs is 1. The Bertz CT molecular complexity index is 1140. The number of nitrogens with zero attached hydrogens (tertiary/aromatic N) is 5. The van der Waals surface area contributed by atoms with Gasteiger partial charge in [0.15, 0.2) is 5.82 Å². The summed E-state index contributed by atoms with van der Waals surface area (Å²) >= 11 is 1.51. The molecule has 0 bridgehead atoms. The standard InChI is InChI=1S/C20H18FN7S/c21-15-11-24-20(27-19(15)13-1-3-16-17(9-13)29-12-25-16)26-18-4-2-14(10-23-18)28-7-5-22-6-8-28/h1-4,9-12,22H,5-8H2,(H,23,24,26,27). The zero-order valence-corrected chi connectivity index (χ0v) is 16.3. The number of pyridine rings is 1. The van der Waals surface area contributed by atoms with Crippen LogP contribution in [-0.4, -0.2) is 46.1 Å². The van der Waals surface area contributed by atoms with Gasteiger partial charge in [0.25, 0.3) is 0 Å². The Morgan fingerprint density at radius 1 is 1.03 bits per heavy atom. The highest BCUT2D eigenvalue weighted by Gasteiger charge is 2.13. The largest absolute Gasteiger partial charge is 0.368 e. The van der Waals surface area contributed by atoms with Gasteiger partial charge in [0.1, 0.15) is 11.5 Å². The van der Waals surface area contributed by atoms with E-state index >= 15 is 0 Å². The average molecular weight is 407 g/mol. The normalized spacial score (nSPS) is 14.3. The highest BCUT2D eigenvalue weighted by atomic mass is 32.1. The number of anilines is 3. The molecular weight excluding hydrogens is 389 g/mol. The number of benzene rings is 1. The third kappa shape index (κ3) is 3.74. The van der Waals surface area contributed by atoms with E-state index < -0.39 is 5.82 Å². The molecule has 146 valence electrons. The van der Waals surface area contributed by atoms with Gasteiger partial charge in [-0.2, -0.15) is 0 Å². The average Bonchev–Trinajstić information content (AvgIpc) is 3.24. The molecule has 1 aromatic carbocycles. The first kappa shape index (κ1) is 17.9. The Morgan fingerprint density at radius 2 is 1.93 bits per heavy atom. The van der Waals surface area contributed by atoms with Crippen LogP contribution in [-0.2, 0) is 0 Å². The van der Waals surface area contributed by atoms with Gasteiger partial charge in [0.2, 0.25) is 5.95 Å². The molecule has 0 aliphatic carbocycles. The summed E-state index contributed by atoms with van der Waals surface area (Å²) in [6, 6.07) is 9.47. The monoisotopic (exact) mass is 407 g/mol. The van der Waals surface area contributed by atoms with Gasteiger partial charge < -0.3 is 15.5 Å². The molecule has 2 N–H and O–H groups in total. The fourth-order valence-electron chi connectivity index (χ4n) is 3.32. The van der Waals surface area contributed by atoms with Crippen molar-refractivity contribution in [1.82, 2.24) is 25.3 Å². The number of rotatable bonds is 4. The van der Waals surface area contributed by atoms with Crippen molar-refractivity contribution in [3.63, 3.8) is 0 Å². The maximum atomic E-state index is 14.4. The highest BCUT2D eigenvalue weighted by molar-refractivity contribution is 7.16. The maximum absolute atomic E-state index is 14.4. The highest BCUT2D eigenvalue weighted by Crippen LogP contribution is 2.27. The SMILES string of the molecule is Fc1cnc(Nc2ccc(N3CCNCC3)cn2)nc1-c1ccc2ncsc2c1. The van der Waals surface area contributed by atoms with E-state index in [1.165, 1.54) is 17.5 Å². The minimum absolute atomic E-state index is 0.246. The molecular formula is C20H18FN7S. The first-order valence-electron chi connectivity index (χ1n) is 9.31. The van der Waals surface area contributed by atoms with Crippen LogP contribution in [0.3, 0.4) is 0 Å². The molecule has 1 aliphatic rings. The molecule has 0 atom stereocenters. The van der Waals surface area contributed by atoms with Crippen molar-refractivity contribution < 1.29 is 4.39 Å². The molecule has 1 fully saturated rings. The van der Waals surface area contributed by atoms with Crippen molar-refractivity contribution in [2.24, 2.45) is 0 Å². The first-order chi connectivity index (χ1) is 14.3. The number of piperazine rings is 1. The summed E-state index contributed by atoms with van der Waals surface area (Å²) in [5.74, 6) is 0.439. The van der Waals surface area contributed by atoms with E-state index in [0.29, 0.717) is 17.3 Å².